The number of fused-ring (bicyclic) bond motifs is 4. The standard InChI is InChI=1S/C22H29FN2O.H2/c1-14(26)24-21-11-22(20-5-4-18(23)10-19(20)21)6-7-25(13-22)12-17-9-15-2-3-16(17)8-15;/h4-5,10,15-17,21H,2-3,6-9,11-13H2,1H3,(H,24,26);1H/t15?,16?,17?,21-,22?;/m0./s1. The van der Waals surface area contributed by atoms with E-state index >= 15 is 0 Å². The van der Waals surface area contributed by atoms with Crippen molar-refractivity contribution in [1.29, 1.82) is 0 Å². The van der Waals surface area contributed by atoms with Crippen molar-refractivity contribution >= 4 is 5.91 Å². The first-order valence-electron chi connectivity index (χ1n) is 10.3. The zero-order valence-corrected chi connectivity index (χ0v) is 15.6. The second-order valence-electron chi connectivity index (χ2n) is 9.39. The topological polar surface area (TPSA) is 32.3 Å². The van der Waals surface area contributed by atoms with Crippen LogP contribution in [0.25, 0.3) is 0 Å². The summed E-state index contributed by atoms with van der Waals surface area (Å²) in [6.07, 6.45) is 7.85. The maximum atomic E-state index is 13.9. The molecule has 1 aromatic carbocycles. The number of carbonyl (C=O) groups is 1. The molecule has 3 aliphatic carbocycles. The number of halogens is 1. The van der Waals surface area contributed by atoms with Crippen LogP contribution in [0, 0.1) is 23.6 Å². The Morgan fingerprint density at radius 2 is 2.27 bits per heavy atom. The summed E-state index contributed by atoms with van der Waals surface area (Å²) in [5, 5.41) is 3.06. The van der Waals surface area contributed by atoms with Crippen molar-refractivity contribution in [2.45, 2.75) is 56.9 Å². The summed E-state index contributed by atoms with van der Waals surface area (Å²) in [6, 6.07) is 5.17. The molecule has 142 valence electrons. The molecule has 1 amide bonds. The van der Waals surface area contributed by atoms with Crippen LogP contribution in [-0.2, 0) is 10.2 Å². The summed E-state index contributed by atoms with van der Waals surface area (Å²) >= 11 is 0. The zero-order valence-electron chi connectivity index (χ0n) is 15.6. The predicted molar refractivity (Wildman–Crippen MR) is 101 cm³/mol. The highest BCUT2D eigenvalue weighted by atomic mass is 19.1. The fourth-order valence-corrected chi connectivity index (χ4v) is 6.72. The van der Waals surface area contributed by atoms with Crippen LogP contribution >= 0.6 is 0 Å². The summed E-state index contributed by atoms with van der Waals surface area (Å²) in [4.78, 5) is 14.3. The normalized spacial score (nSPS) is 38.2. The Bertz CT molecular complexity index is 741. The molecular weight excluding hydrogens is 327 g/mol. The molecule has 1 saturated heterocycles. The number of likely N-dealkylation sites (tertiary alicyclic amines) is 1. The van der Waals surface area contributed by atoms with Gasteiger partial charge in [0.15, 0.2) is 0 Å². The third kappa shape index (κ3) is 2.69. The van der Waals surface area contributed by atoms with E-state index in [9.17, 15) is 9.18 Å². The highest BCUT2D eigenvalue weighted by Crippen LogP contribution is 2.52. The number of hydrogen-bond acceptors (Lipinski definition) is 2. The number of carbonyl (C=O) groups excluding carboxylic acids is 1. The molecule has 1 heterocycles. The summed E-state index contributed by atoms with van der Waals surface area (Å²) in [6.45, 7) is 5.00. The van der Waals surface area contributed by atoms with Crippen molar-refractivity contribution in [2.75, 3.05) is 19.6 Å². The van der Waals surface area contributed by atoms with Crippen molar-refractivity contribution in [1.82, 2.24) is 10.2 Å². The van der Waals surface area contributed by atoms with Gasteiger partial charge in [-0.05, 0) is 79.7 Å². The smallest absolute Gasteiger partial charge is 0.217 e. The first-order chi connectivity index (χ1) is 12.5. The van der Waals surface area contributed by atoms with Crippen molar-refractivity contribution in [3.8, 4) is 0 Å². The van der Waals surface area contributed by atoms with Gasteiger partial charge in [0.2, 0.25) is 5.91 Å². The summed E-state index contributed by atoms with van der Waals surface area (Å²) < 4.78 is 13.9. The fourth-order valence-electron chi connectivity index (χ4n) is 6.72. The molecule has 4 aliphatic rings. The first-order valence-corrected chi connectivity index (χ1v) is 10.3. The second kappa shape index (κ2) is 6.05. The van der Waals surface area contributed by atoms with Crippen LogP contribution in [0.2, 0.25) is 0 Å². The molecule has 2 saturated carbocycles. The lowest BCUT2D eigenvalue weighted by Gasteiger charge is -2.29. The Morgan fingerprint density at radius 3 is 3.00 bits per heavy atom. The van der Waals surface area contributed by atoms with Crippen molar-refractivity contribution < 1.29 is 10.6 Å². The number of amides is 1. The molecule has 3 fully saturated rings. The highest BCUT2D eigenvalue weighted by molar-refractivity contribution is 5.74. The van der Waals surface area contributed by atoms with E-state index in [-0.39, 0.29) is 24.6 Å². The minimum Gasteiger partial charge on any atom is -0.349 e. The minimum atomic E-state index is -0.201. The molecule has 3 nitrogen and oxygen atoms in total. The van der Waals surface area contributed by atoms with Gasteiger partial charge in [0.25, 0.3) is 0 Å². The lowest BCUT2D eigenvalue weighted by atomic mass is 9.81. The van der Waals surface area contributed by atoms with E-state index in [1.165, 1.54) is 37.8 Å². The van der Waals surface area contributed by atoms with Gasteiger partial charge in [-0.3, -0.25) is 4.79 Å². The highest BCUT2D eigenvalue weighted by Gasteiger charge is 2.49. The SMILES string of the molecule is CC(=O)N[C@H]1CC2(CCN(CC3CC4CCC3C4)C2)c2ccc(F)cc21.[HH]. The largest absolute Gasteiger partial charge is 0.349 e. The molecule has 0 radical (unpaired) electrons. The number of hydrogen-bond donors (Lipinski definition) is 1. The minimum absolute atomic E-state index is 0. The van der Waals surface area contributed by atoms with E-state index in [1.54, 1.807) is 19.1 Å². The van der Waals surface area contributed by atoms with Gasteiger partial charge in [-0.15, -0.1) is 0 Å². The number of nitrogens with zero attached hydrogens (tertiary/aromatic N) is 1. The molecule has 26 heavy (non-hydrogen) atoms. The molecule has 2 bridgehead atoms. The summed E-state index contributed by atoms with van der Waals surface area (Å²) in [5.74, 6) is 2.63. The molecule has 0 aromatic heterocycles. The Morgan fingerprint density at radius 1 is 1.38 bits per heavy atom. The molecule has 1 aliphatic heterocycles. The third-order valence-electron chi connectivity index (χ3n) is 7.74. The molecule has 1 aromatic rings. The monoisotopic (exact) mass is 358 g/mol. The summed E-state index contributed by atoms with van der Waals surface area (Å²) in [5.41, 5.74) is 2.36. The Kier molecular flexibility index (Phi) is 3.89. The Labute approximate surface area is 156 Å². The second-order valence-corrected chi connectivity index (χ2v) is 9.39. The summed E-state index contributed by atoms with van der Waals surface area (Å²) in [7, 11) is 0. The average molecular weight is 359 g/mol. The Hall–Kier alpha value is -1.42. The van der Waals surface area contributed by atoms with Gasteiger partial charge in [0, 0.05) is 26.9 Å². The van der Waals surface area contributed by atoms with Crippen molar-refractivity contribution in [3.63, 3.8) is 0 Å². The van der Waals surface area contributed by atoms with E-state index in [0.717, 1.165) is 49.2 Å². The van der Waals surface area contributed by atoms with Gasteiger partial charge in [-0.1, -0.05) is 12.5 Å². The lowest BCUT2D eigenvalue weighted by Crippen LogP contribution is -2.34. The van der Waals surface area contributed by atoms with Gasteiger partial charge in [0.05, 0.1) is 6.04 Å². The lowest BCUT2D eigenvalue weighted by molar-refractivity contribution is -0.119. The molecule has 5 rings (SSSR count). The zero-order chi connectivity index (χ0) is 17.9. The maximum absolute atomic E-state index is 13.9. The average Bonchev–Trinajstić information content (AvgIpc) is 3.34. The van der Waals surface area contributed by atoms with Gasteiger partial charge in [-0.25, -0.2) is 4.39 Å². The van der Waals surface area contributed by atoms with Crippen LogP contribution in [0.5, 0.6) is 0 Å². The van der Waals surface area contributed by atoms with Crippen molar-refractivity contribution in [2.24, 2.45) is 17.8 Å². The quantitative estimate of drug-likeness (QED) is 0.885. The van der Waals surface area contributed by atoms with Gasteiger partial charge >= 0.3 is 0 Å². The number of benzene rings is 1. The molecule has 4 heteroatoms. The van der Waals surface area contributed by atoms with E-state index < -0.39 is 0 Å². The van der Waals surface area contributed by atoms with Crippen LogP contribution in [-0.4, -0.2) is 30.4 Å². The maximum Gasteiger partial charge on any atom is 0.217 e. The predicted octanol–water partition coefficient (Wildman–Crippen LogP) is 4.03. The molecule has 1 spiro atoms. The van der Waals surface area contributed by atoms with Crippen LogP contribution in [0.1, 0.15) is 64.0 Å². The van der Waals surface area contributed by atoms with Crippen LogP contribution in [0.15, 0.2) is 18.2 Å². The van der Waals surface area contributed by atoms with Crippen molar-refractivity contribution in [3.05, 3.63) is 35.1 Å². The number of nitrogens with one attached hydrogen (secondary N) is 1. The Balaban J connectivity index is 0.00000180. The van der Waals surface area contributed by atoms with E-state index in [4.69, 9.17) is 0 Å². The van der Waals surface area contributed by atoms with Crippen LogP contribution in [0.4, 0.5) is 4.39 Å². The van der Waals surface area contributed by atoms with Gasteiger partial charge < -0.3 is 10.2 Å². The van der Waals surface area contributed by atoms with Crippen LogP contribution < -0.4 is 5.32 Å². The fraction of sp³-hybridized carbons (Fsp3) is 0.682. The van der Waals surface area contributed by atoms with Gasteiger partial charge in [-0.2, -0.15) is 0 Å². The van der Waals surface area contributed by atoms with E-state index in [1.807, 2.05) is 6.07 Å². The molecule has 4 unspecified atom stereocenters. The van der Waals surface area contributed by atoms with E-state index in [2.05, 4.69) is 10.2 Å². The van der Waals surface area contributed by atoms with Gasteiger partial charge in [0.1, 0.15) is 5.82 Å². The molecule has 5 atom stereocenters. The number of rotatable bonds is 3. The third-order valence-corrected chi connectivity index (χ3v) is 7.74. The van der Waals surface area contributed by atoms with E-state index in [0.29, 0.717) is 0 Å². The van der Waals surface area contributed by atoms with Crippen LogP contribution in [0.3, 0.4) is 0 Å². The molecular formula is C22H31FN2O. The first kappa shape index (κ1) is 16.7. The molecule has 1 N–H and O–H groups in total.